The maximum Gasteiger partial charge on any atom is 0.242 e. The summed E-state index contributed by atoms with van der Waals surface area (Å²) >= 11 is 12.2. The van der Waals surface area contributed by atoms with Gasteiger partial charge in [-0.05, 0) is 68.7 Å². The van der Waals surface area contributed by atoms with Crippen molar-refractivity contribution in [3.8, 4) is 11.5 Å². The largest absolute Gasteiger partial charge is 0.497 e. The Bertz CT molecular complexity index is 921. The van der Waals surface area contributed by atoms with Crippen LogP contribution in [0.3, 0.4) is 0 Å². The molecule has 0 unspecified atom stereocenters. The van der Waals surface area contributed by atoms with Crippen molar-refractivity contribution in [2.45, 2.75) is 58.7 Å². The molecule has 2 atom stereocenters. The third kappa shape index (κ3) is 8.45. The molecule has 0 fully saturated rings. The lowest BCUT2D eigenvalue weighted by molar-refractivity contribution is -0.141. The minimum absolute atomic E-state index is 0.0276. The molecule has 0 aliphatic rings. The lowest BCUT2D eigenvalue weighted by Gasteiger charge is -2.30. The van der Waals surface area contributed by atoms with E-state index in [1.807, 2.05) is 38.1 Å². The fourth-order valence-corrected chi connectivity index (χ4v) is 3.43. The van der Waals surface area contributed by atoms with E-state index in [0.717, 1.165) is 17.7 Å². The molecule has 0 saturated carbocycles. The van der Waals surface area contributed by atoms with Crippen molar-refractivity contribution >= 4 is 35.0 Å². The number of carbonyl (C=O) groups is 2. The molecule has 2 amide bonds. The van der Waals surface area contributed by atoms with Gasteiger partial charge in [0, 0.05) is 19.0 Å². The molecule has 0 bridgehead atoms. The summed E-state index contributed by atoms with van der Waals surface area (Å²) in [7, 11) is 1.61. The first-order valence-corrected chi connectivity index (χ1v) is 11.8. The van der Waals surface area contributed by atoms with Crippen LogP contribution in [0.1, 0.15) is 45.6 Å². The van der Waals surface area contributed by atoms with Gasteiger partial charge in [0.2, 0.25) is 11.8 Å². The van der Waals surface area contributed by atoms with Crippen LogP contribution < -0.4 is 14.8 Å². The molecule has 2 rings (SSSR count). The van der Waals surface area contributed by atoms with Crippen molar-refractivity contribution in [2.75, 3.05) is 13.7 Å². The van der Waals surface area contributed by atoms with E-state index in [0.29, 0.717) is 28.8 Å². The minimum Gasteiger partial charge on any atom is -0.497 e. The number of halogens is 2. The van der Waals surface area contributed by atoms with E-state index in [-0.39, 0.29) is 30.8 Å². The fourth-order valence-electron chi connectivity index (χ4n) is 3.11. The van der Waals surface area contributed by atoms with Gasteiger partial charge in [-0.25, -0.2) is 0 Å². The third-order valence-corrected chi connectivity index (χ3v) is 6.11. The number of rotatable bonds is 12. The van der Waals surface area contributed by atoms with Crippen molar-refractivity contribution in [1.82, 2.24) is 10.2 Å². The molecule has 0 radical (unpaired) electrons. The van der Waals surface area contributed by atoms with Crippen molar-refractivity contribution in [1.29, 1.82) is 0 Å². The zero-order chi connectivity index (χ0) is 24.4. The van der Waals surface area contributed by atoms with Crippen LogP contribution in [0.2, 0.25) is 10.0 Å². The average molecular weight is 495 g/mol. The Balaban J connectivity index is 2.02. The van der Waals surface area contributed by atoms with Gasteiger partial charge in [0.1, 0.15) is 17.5 Å². The average Bonchev–Trinajstić information content (AvgIpc) is 2.82. The molecule has 180 valence electrons. The van der Waals surface area contributed by atoms with E-state index < -0.39 is 6.04 Å². The highest BCUT2D eigenvalue weighted by Crippen LogP contribution is 2.24. The maximum atomic E-state index is 13.1. The second-order valence-corrected chi connectivity index (χ2v) is 8.71. The molecule has 0 saturated heterocycles. The lowest BCUT2D eigenvalue weighted by atomic mass is 10.1. The van der Waals surface area contributed by atoms with Crippen LogP contribution in [0.25, 0.3) is 0 Å². The first-order valence-electron chi connectivity index (χ1n) is 11.1. The van der Waals surface area contributed by atoms with Crippen molar-refractivity contribution in [3.63, 3.8) is 0 Å². The Morgan fingerprint density at radius 3 is 2.30 bits per heavy atom. The summed E-state index contributed by atoms with van der Waals surface area (Å²) < 4.78 is 10.9. The normalized spacial score (nSPS) is 12.5. The lowest BCUT2D eigenvalue weighted by Crippen LogP contribution is -2.49. The van der Waals surface area contributed by atoms with Crippen LogP contribution >= 0.6 is 23.2 Å². The minimum atomic E-state index is -0.636. The van der Waals surface area contributed by atoms with E-state index in [2.05, 4.69) is 5.32 Å². The summed E-state index contributed by atoms with van der Waals surface area (Å²) in [5.41, 5.74) is 0.801. The topological polar surface area (TPSA) is 67.9 Å². The smallest absolute Gasteiger partial charge is 0.242 e. The van der Waals surface area contributed by atoms with Crippen LogP contribution in [0.4, 0.5) is 0 Å². The van der Waals surface area contributed by atoms with Gasteiger partial charge >= 0.3 is 0 Å². The van der Waals surface area contributed by atoms with Gasteiger partial charge in [0.25, 0.3) is 0 Å². The van der Waals surface area contributed by atoms with Gasteiger partial charge in [-0.15, -0.1) is 0 Å². The molecular formula is C25H32Cl2N2O4. The maximum absolute atomic E-state index is 13.1. The predicted molar refractivity (Wildman–Crippen MR) is 132 cm³/mol. The predicted octanol–water partition coefficient (Wildman–Crippen LogP) is 5.49. The number of nitrogens with zero attached hydrogens (tertiary/aromatic N) is 1. The number of hydrogen-bond acceptors (Lipinski definition) is 4. The molecule has 8 heteroatoms. The summed E-state index contributed by atoms with van der Waals surface area (Å²) in [6, 6.07) is 11.9. The summed E-state index contributed by atoms with van der Waals surface area (Å²) in [5.74, 6) is 1.13. The monoisotopic (exact) mass is 494 g/mol. The molecule has 2 aromatic carbocycles. The standard InChI is InChI=1S/C25H32Cl2N2O4/c1-5-17(2)28-25(31)18(3)29(16-19-8-13-22(26)23(27)15-19)24(30)7-6-14-33-21-11-9-20(32-4)10-12-21/h8-13,15,17-18H,5-7,14,16H2,1-4H3,(H,28,31)/t17-,18+/m1/s1. The van der Waals surface area contributed by atoms with Gasteiger partial charge in [0.15, 0.2) is 0 Å². The molecule has 0 aliphatic heterocycles. The summed E-state index contributed by atoms with van der Waals surface area (Å²) in [5, 5.41) is 3.80. The molecule has 33 heavy (non-hydrogen) atoms. The third-order valence-electron chi connectivity index (χ3n) is 5.37. The van der Waals surface area contributed by atoms with Gasteiger partial charge in [-0.2, -0.15) is 0 Å². The molecular weight excluding hydrogens is 463 g/mol. The van der Waals surface area contributed by atoms with E-state index in [4.69, 9.17) is 32.7 Å². The number of ether oxygens (including phenoxy) is 2. The Kier molecular flexibility index (Phi) is 10.8. The van der Waals surface area contributed by atoms with E-state index in [1.165, 1.54) is 0 Å². The molecule has 0 aliphatic carbocycles. The highest BCUT2D eigenvalue weighted by atomic mass is 35.5. The van der Waals surface area contributed by atoms with Gasteiger partial charge < -0.3 is 19.7 Å². The zero-order valence-electron chi connectivity index (χ0n) is 19.6. The molecule has 0 heterocycles. The van der Waals surface area contributed by atoms with E-state index >= 15 is 0 Å². The quantitative estimate of drug-likeness (QED) is 0.396. The molecule has 6 nitrogen and oxygen atoms in total. The zero-order valence-corrected chi connectivity index (χ0v) is 21.1. The molecule has 2 aromatic rings. The number of carbonyl (C=O) groups excluding carboxylic acids is 2. The Hall–Kier alpha value is -2.44. The summed E-state index contributed by atoms with van der Waals surface area (Å²) in [4.78, 5) is 27.4. The van der Waals surface area contributed by atoms with Crippen LogP contribution in [-0.4, -0.2) is 42.5 Å². The second-order valence-electron chi connectivity index (χ2n) is 7.89. The first kappa shape index (κ1) is 26.8. The Morgan fingerprint density at radius 1 is 1.03 bits per heavy atom. The van der Waals surface area contributed by atoms with E-state index in [9.17, 15) is 9.59 Å². The second kappa shape index (κ2) is 13.3. The van der Waals surface area contributed by atoms with E-state index in [1.54, 1.807) is 37.1 Å². The van der Waals surface area contributed by atoms with Crippen LogP contribution in [0.5, 0.6) is 11.5 Å². The SMILES string of the molecule is CC[C@@H](C)NC(=O)[C@H](C)N(Cc1ccc(Cl)c(Cl)c1)C(=O)CCCOc1ccc(OC)cc1. The van der Waals surface area contributed by atoms with Gasteiger partial charge in [0.05, 0.1) is 23.8 Å². The van der Waals surface area contributed by atoms with Crippen molar-refractivity contribution in [2.24, 2.45) is 0 Å². The highest BCUT2D eigenvalue weighted by molar-refractivity contribution is 6.42. The van der Waals surface area contributed by atoms with Crippen molar-refractivity contribution < 1.29 is 19.1 Å². The summed E-state index contributed by atoms with van der Waals surface area (Å²) in [6.45, 7) is 6.31. The molecule has 1 N–H and O–H groups in total. The number of hydrogen-bond donors (Lipinski definition) is 1. The number of benzene rings is 2. The molecule has 0 aromatic heterocycles. The summed E-state index contributed by atoms with van der Waals surface area (Å²) in [6.07, 6.45) is 1.57. The van der Waals surface area contributed by atoms with Crippen LogP contribution in [0, 0.1) is 0 Å². The fraction of sp³-hybridized carbons (Fsp3) is 0.440. The number of amides is 2. The Morgan fingerprint density at radius 2 is 1.70 bits per heavy atom. The molecule has 0 spiro atoms. The Labute approximate surface area is 206 Å². The van der Waals surface area contributed by atoms with Gasteiger partial charge in [-0.3, -0.25) is 9.59 Å². The number of methoxy groups -OCH3 is 1. The highest BCUT2D eigenvalue weighted by Gasteiger charge is 2.26. The van der Waals surface area contributed by atoms with Crippen LogP contribution in [-0.2, 0) is 16.1 Å². The first-order chi connectivity index (χ1) is 15.7. The van der Waals surface area contributed by atoms with Crippen molar-refractivity contribution in [3.05, 3.63) is 58.1 Å². The van der Waals surface area contributed by atoms with Crippen LogP contribution in [0.15, 0.2) is 42.5 Å². The van der Waals surface area contributed by atoms with Gasteiger partial charge in [-0.1, -0.05) is 36.2 Å². The number of nitrogens with one attached hydrogen (secondary N) is 1.